The molecule has 2 nitrogen and oxygen atoms in total. The predicted octanol–water partition coefficient (Wildman–Crippen LogP) is 6.76. The SMILES string of the molecule is Cc1ccc(SP(=O)(C(=O)c2c(C)cc(C)cc2C)c2ccccc2)c(C)c1. The summed E-state index contributed by atoms with van der Waals surface area (Å²) in [4.78, 5) is 14.6. The summed E-state index contributed by atoms with van der Waals surface area (Å²) < 4.78 is 14.3. The van der Waals surface area contributed by atoms with Crippen LogP contribution in [0, 0.1) is 34.6 Å². The minimum Gasteiger partial charge on any atom is -0.298 e. The molecule has 0 radical (unpaired) electrons. The Bertz CT molecular complexity index is 1060. The van der Waals surface area contributed by atoms with Gasteiger partial charge in [-0.05, 0) is 68.8 Å². The largest absolute Gasteiger partial charge is 0.298 e. The summed E-state index contributed by atoms with van der Waals surface area (Å²) in [5, 5.41) is 0.587. The lowest BCUT2D eigenvalue weighted by atomic mass is 10.0. The summed E-state index contributed by atoms with van der Waals surface area (Å²) >= 11 is 1.21. The molecule has 0 amide bonds. The number of carbonyl (C=O) groups is 1. The fraction of sp³-hybridized carbons (Fsp3) is 0.208. The van der Waals surface area contributed by atoms with Gasteiger partial charge in [0.2, 0.25) is 11.9 Å². The molecule has 144 valence electrons. The summed E-state index contributed by atoms with van der Waals surface area (Å²) in [6.45, 7) is 9.88. The van der Waals surface area contributed by atoms with E-state index < -0.39 is 6.34 Å². The van der Waals surface area contributed by atoms with E-state index in [2.05, 4.69) is 6.07 Å². The van der Waals surface area contributed by atoms with Gasteiger partial charge in [-0.3, -0.25) is 9.36 Å². The fourth-order valence-electron chi connectivity index (χ4n) is 3.54. The number of aryl methyl sites for hydroxylation is 5. The first-order valence-electron chi connectivity index (χ1n) is 9.27. The molecule has 4 heteroatoms. The Morgan fingerprint density at radius 3 is 1.89 bits per heavy atom. The van der Waals surface area contributed by atoms with Crippen molar-refractivity contribution < 1.29 is 9.36 Å². The smallest absolute Gasteiger partial charge is 0.238 e. The molecule has 0 fully saturated rings. The standard InChI is InChI=1S/C24H25O2PS/c1-16-11-12-22(18(3)13-16)28-27(26,21-9-7-6-8-10-21)24(25)23-19(4)14-17(2)15-20(23)5/h6-15H,1-5H3. The topological polar surface area (TPSA) is 34.1 Å². The Morgan fingerprint density at radius 2 is 1.32 bits per heavy atom. The van der Waals surface area contributed by atoms with Crippen LogP contribution < -0.4 is 5.30 Å². The van der Waals surface area contributed by atoms with E-state index in [0.717, 1.165) is 32.7 Å². The predicted molar refractivity (Wildman–Crippen MR) is 120 cm³/mol. The van der Waals surface area contributed by atoms with Crippen LogP contribution in [0.2, 0.25) is 0 Å². The molecule has 0 heterocycles. The zero-order valence-corrected chi connectivity index (χ0v) is 18.7. The summed E-state index contributed by atoms with van der Waals surface area (Å²) in [6, 6.07) is 19.1. The van der Waals surface area contributed by atoms with Crippen LogP contribution >= 0.6 is 17.7 Å². The highest BCUT2D eigenvalue weighted by Crippen LogP contribution is 2.63. The van der Waals surface area contributed by atoms with Crippen molar-refractivity contribution in [3.63, 3.8) is 0 Å². The van der Waals surface area contributed by atoms with Crippen LogP contribution in [0.3, 0.4) is 0 Å². The van der Waals surface area contributed by atoms with Crippen LogP contribution in [0.25, 0.3) is 0 Å². The zero-order chi connectivity index (χ0) is 20.5. The Morgan fingerprint density at radius 1 is 0.750 bits per heavy atom. The average Bonchev–Trinajstić information content (AvgIpc) is 2.63. The lowest BCUT2D eigenvalue weighted by molar-refractivity contribution is 0.107. The number of benzene rings is 3. The van der Waals surface area contributed by atoms with E-state index in [0.29, 0.717) is 10.9 Å². The maximum atomic E-state index is 14.3. The lowest BCUT2D eigenvalue weighted by Crippen LogP contribution is -2.13. The number of carbonyl (C=O) groups excluding carboxylic acids is 1. The molecular formula is C24H25O2PS. The highest BCUT2D eigenvalue weighted by molar-refractivity contribution is 8.65. The maximum Gasteiger partial charge on any atom is 0.238 e. The van der Waals surface area contributed by atoms with E-state index in [1.165, 1.54) is 11.4 Å². The molecule has 0 bridgehead atoms. The van der Waals surface area contributed by atoms with E-state index in [1.807, 2.05) is 77.1 Å². The Hall–Kier alpha value is -2.09. The van der Waals surface area contributed by atoms with Crippen LogP contribution in [-0.2, 0) is 4.57 Å². The fourth-order valence-corrected chi connectivity index (χ4v) is 8.43. The van der Waals surface area contributed by atoms with Crippen molar-refractivity contribution in [1.82, 2.24) is 0 Å². The molecule has 28 heavy (non-hydrogen) atoms. The van der Waals surface area contributed by atoms with Gasteiger partial charge in [-0.15, -0.1) is 0 Å². The first kappa shape index (κ1) is 20.6. The first-order chi connectivity index (χ1) is 13.2. The molecule has 0 N–H and O–H groups in total. The third-order valence-electron chi connectivity index (χ3n) is 4.81. The van der Waals surface area contributed by atoms with Crippen LogP contribution in [0.15, 0.2) is 65.6 Å². The molecule has 0 aliphatic heterocycles. The summed E-state index contributed by atoms with van der Waals surface area (Å²) in [5.41, 5.74) is 5.33. The number of rotatable bonds is 5. The van der Waals surface area contributed by atoms with Gasteiger partial charge in [0.25, 0.3) is 0 Å². The van der Waals surface area contributed by atoms with Gasteiger partial charge in [0.1, 0.15) is 0 Å². The van der Waals surface area contributed by atoms with E-state index in [4.69, 9.17) is 0 Å². The van der Waals surface area contributed by atoms with Gasteiger partial charge in [0.05, 0.1) is 0 Å². The Kier molecular flexibility index (Phi) is 5.98. The lowest BCUT2D eigenvalue weighted by Gasteiger charge is -2.20. The van der Waals surface area contributed by atoms with E-state index in [-0.39, 0.29) is 5.52 Å². The van der Waals surface area contributed by atoms with Crippen LogP contribution in [-0.4, -0.2) is 5.52 Å². The Labute approximate surface area is 171 Å². The molecule has 1 atom stereocenters. The van der Waals surface area contributed by atoms with Crippen molar-refractivity contribution in [2.24, 2.45) is 0 Å². The minimum absolute atomic E-state index is 0.279. The van der Waals surface area contributed by atoms with Gasteiger partial charge in [0.15, 0.2) is 0 Å². The molecule has 3 aromatic rings. The monoisotopic (exact) mass is 408 g/mol. The minimum atomic E-state index is -3.44. The van der Waals surface area contributed by atoms with Crippen LogP contribution in [0.4, 0.5) is 0 Å². The van der Waals surface area contributed by atoms with Crippen molar-refractivity contribution in [3.8, 4) is 0 Å². The van der Waals surface area contributed by atoms with Crippen molar-refractivity contribution in [3.05, 3.63) is 94.0 Å². The van der Waals surface area contributed by atoms with Crippen molar-refractivity contribution in [1.29, 1.82) is 0 Å². The summed E-state index contributed by atoms with van der Waals surface area (Å²) in [7, 11) is 0. The zero-order valence-electron chi connectivity index (χ0n) is 16.9. The van der Waals surface area contributed by atoms with Crippen molar-refractivity contribution in [2.45, 2.75) is 39.5 Å². The van der Waals surface area contributed by atoms with Gasteiger partial charge >= 0.3 is 0 Å². The molecule has 0 aromatic heterocycles. The first-order valence-corrected chi connectivity index (χ1v) is 12.4. The van der Waals surface area contributed by atoms with Gasteiger partial charge in [-0.1, -0.05) is 65.7 Å². The summed E-state index contributed by atoms with van der Waals surface area (Å²) in [6.07, 6.45) is -3.44. The van der Waals surface area contributed by atoms with Crippen molar-refractivity contribution >= 4 is 28.6 Å². The third-order valence-corrected chi connectivity index (χ3v) is 9.95. The third kappa shape index (κ3) is 4.01. The highest BCUT2D eigenvalue weighted by Gasteiger charge is 2.37. The summed E-state index contributed by atoms with van der Waals surface area (Å²) in [5.74, 6) is 0. The number of hydrogen-bond acceptors (Lipinski definition) is 3. The quantitative estimate of drug-likeness (QED) is 0.437. The molecular weight excluding hydrogens is 383 g/mol. The van der Waals surface area contributed by atoms with Crippen LogP contribution in [0.1, 0.15) is 38.2 Å². The number of hydrogen-bond donors (Lipinski definition) is 0. The molecule has 0 aliphatic carbocycles. The van der Waals surface area contributed by atoms with Crippen molar-refractivity contribution in [2.75, 3.05) is 0 Å². The van der Waals surface area contributed by atoms with E-state index in [9.17, 15) is 9.36 Å². The second-order valence-corrected chi connectivity index (χ2v) is 12.1. The van der Waals surface area contributed by atoms with Crippen LogP contribution in [0.5, 0.6) is 0 Å². The molecule has 1 unspecified atom stereocenters. The molecule has 3 aromatic carbocycles. The van der Waals surface area contributed by atoms with Gasteiger partial charge < -0.3 is 0 Å². The second-order valence-electron chi connectivity index (χ2n) is 7.33. The Balaban J connectivity index is 2.18. The van der Waals surface area contributed by atoms with Gasteiger partial charge in [-0.25, -0.2) is 0 Å². The van der Waals surface area contributed by atoms with Gasteiger partial charge in [-0.2, -0.15) is 0 Å². The molecule has 0 spiro atoms. The maximum absolute atomic E-state index is 14.3. The van der Waals surface area contributed by atoms with E-state index in [1.54, 1.807) is 12.1 Å². The normalized spacial score (nSPS) is 13.2. The molecule has 3 rings (SSSR count). The highest BCUT2D eigenvalue weighted by atomic mass is 32.7. The molecule has 0 aliphatic rings. The average molecular weight is 409 g/mol. The molecule has 0 saturated heterocycles. The van der Waals surface area contributed by atoms with Gasteiger partial charge in [0, 0.05) is 15.8 Å². The van der Waals surface area contributed by atoms with E-state index >= 15 is 0 Å². The molecule has 0 saturated carbocycles. The second kappa shape index (κ2) is 8.11.